The van der Waals surface area contributed by atoms with Crippen molar-refractivity contribution in [2.24, 2.45) is 0 Å². The highest BCUT2D eigenvalue weighted by Gasteiger charge is 2.45. The van der Waals surface area contributed by atoms with Crippen LogP contribution in [0.5, 0.6) is 0 Å². The second-order valence-corrected chi connectivity index (χ2v) is 3.21. The largest absolute Gasteiger partial charge is 0.394 e. The standard InChI is InChI=1S/C7H14O7/c8-1-2(9)6-4(11)3(10)5(12)7(13)14-6/h2-13H,1H2/t2-,3+,4+,5+,6+,7+/m1/s1. The molecule has 6 atom stereocenters. The van der Waals surface area contributed by atoms with Crippen molar-refractivity contribution in [1.29, 1.82) is 0 Å². The first-order valence-corrected chi connectivity index (χ1v) is 4.15. The zero-order valence-corrected chi connectivity index (χ0v) is 7.26. The van der Waals surface area contributed by atoms with E-state index in [2.05, 4.69) is 4.74 Å². The van der Waals surface area contributed by atoms with Crippen LogP contribution in [0.1, 0.15) is 0 Å². The van der Waals surface area contributed by atoms with Crippen molar-refractivity contribution in [2.45, 2.75) is 36.8 Å². The van der Waals surface area contributed by atoms with Gasteiger partial charge in [-0.25, -0.2) is 0 Å². The van der Waals surface area contributed by atoms with E-state index in [9.17, 15) is 10.2 Å². The van der Waals surface area contributed by atoms with E-state index < -0.39 is 43.4 Å². The summed E-state index contributed by atoms with van der Waals surface area (Å²) in [5.74, 6) is 0. The second-order valence-electron chi connectivity index (χ2n) is 3.21. The van der Waals surface area contributed by atoms with Gasteiger partial charge in [0.25, 0.3) is 0 Å². The summed E-state index contributed by atoms with van der Waals surface area (Å²) in [4.78, 5) is 0. The molecule has 0 aromatic heterocycles. The molecule has 0 amide bonds. The van der Waals surface area contributed by atoms with Gasteiger partial charge in [0.05, 0.1) is 6.61 Å². The lowest BCUT2D eigenvalue weighted by molar-refractivity contribution is -0.298. The van der Waals surface area contributed by atoms with Crippen LogP contribution in [0.3, 0.4) is 0 Å². The van der Waals surface area contributed by atoms with Crippen molar-refractivity contribution in [1.82, 2.24) is 0 Å². The van der Waals surface area contributed by atoms with Crippen molar-refractivity contribution >= 4 is 0 Å². The van der Waals surface area contributed by atoms with Crippen molar-refractivity contribution in [3.8, 4) is 0 Å². The normalized spacial score (nSPS) is 46.3. The van der Waals surface area contributed by atoms with Gasteiger partial charge in [-0.05, 0) is 0 Å². The first kappa shape index (κ1) is 11.8. The Bertz CT molecular complexity index is 187. The Morgan fingerprint density at radius 1 is 1.00 bits per heavy atom. The summed E-state index contributed by atoms with van der Waals surface area (Å²) >= 11 is 0. The zero-order valence-electron chi connectivity index (χ0n) is 7.26. The maximum Gasteiger partial charge on any atom is 0.184 e. The minimum absolute atomic E-state index is 0.683. The van der Waals surface area contributed by atoms with Crippen molar-refractivity contribution in [3.63, 3.8) is 0 Å². The van der Waals surface area contributed by atoms with E-state index in [1.807, 2.05) is 0 Å². The fourth-order valence-electron chi connectivity index (χ4n) is 1.31. The molecular formula is C7H14O7. The predicted molar refractivity (Wildman–Crippen MR) is 42.0 cm³/mol. The molecule has 0 unspecified atom stereocenters. The molecule has 6 N–H and O–H groups in total. The monoisotopic (exact) mass is 210 g/mol. The van der Waals surface area contributed by atoms with E-state index >= 15 is 0 Å². The maximum absolute atomic E-state index is 9.31. The summed E-state index contributed by atoms with van der Waals surface area (Å²) in [5.41, 5.74) is 0. The van der Waals surface area contributed by atoms with Crippen LogP contribution in [0.15, 0.2) is 0 Å². The molecule has 0 aromatic carbocycles. The van der Waals surface area contributed by atoms with Gasteiger partial charge < -0.3 is 35.4 Å². The first-order chi connectivity index (χ1) is 6.49. The summed E-state index contributed by atoms with van der Waals surface area (Å²) in [7, 11) is 0. The number of aliphatic hydroxyl groups is 6. The van der Waals surface area contributed by atoms with Crippen LogP contribution in [0.4, 0.5) is 0 Å². The number of aliphatic hydroxyl groups excluding tert-OH is 6. The third kappa shape index (κ3) is 2.04. The van der Waals surface area contributed by atoms with Crippen LogP contribution in [0, 0.1) is 0 Å². The van der Waals surface area contributed by atoms with Gasteiger partial charge in [-0.1, -0.05) is 0 Å². The molecular weight excluding hydrogens is 196 g/mol. The van der Waals surface area contributed by atoms with Gasteiger partial charge in [-0.2, -0.15) is 0 Å². The molecule has 0 spiro atoms. The zero-order chi connectivity index (χ0) is 10.9. The molecule has 1 heterocycles. The summed E-state index contributed by atoms with van der Waals surface area (Å²) in [6.45, 7) is -0.683. The highest BCUT2D eigenvalue weighted by atomic mass is 16.6. The molecule has 0 aliphatic carbocycles. The Morgan fingerprint density at radius 3 is 2.07 bits per heavy atom. The van der Waals surface area contributed by atoms with Crippen LogP contribution in [0.2, 0.25) is 0 Å². The van der Waals surface area contributed by atoms with Crippen LogP contribution in [-0.4, -0.2) is 74.1 Å². The van der Waals surface area contributed by atoms with Crippen molar-refractivity contribution < 1.29 is 35.4 Å². The number of hydrogen-bond donors (Lipinski definition) is 6. The van der Waals surface area contributed by atoms with E-state index in [0.717, 1.165) is 0 Å². The van der Waals surface area contributed by atoms with Crippen molar-refractivity contribution in [3.05, 3.63) is 0 Å². The Morgan fingerprint density at radius 2 is 1.57 bits per heavy atom. The SMILES string of the molecule is OC[C@@H](O)[C@@H]1O[C@H](O)[C@@H](O)[C@@H](O)[C@@H]1O. The highest BCUT2D eigenvalue weighted by molar-refractivity contribution is 4.91. The summed E-state index contributed by atoms with van der Waals surface area (Å²) in [5, 5.41) is 54.3. The van der Waals surface area contributed by atoms with E-state index in [1.54, 1.807) is 0 Å². The van der Waals surface area contributed by atoms with Gasteiger partial charge in [-0.15, -0.1) is 0 Å². The van der Waals surface area contributed by atoms with E-state index in [4.69, 9.17) is 20.4 Å². The second kappa shape index (κ2) is 4.49. The molecule has 7 heteroatoms. The van der Waals surface area contributed by atoms with Crippen molar-refractivity contribution in [2.75, 3.05) is 6.61 Å². The van der Waals surface area contributed by atoms with Crippen LogP contribution in [-0.2, 0) is 4.74 Å². The number of rotatable bonds is 2. The highest BCUT2D eigenvalue weighted by Crippen LogP contribution is 2.21. The molecule has 84 valence electrons. The summed E-state index contributed by atoms with van der Waals surface area (Å²) < 4.78 is 4.62. The average molecular weight is 210 g/mol. The molecule has 1 saturated heterocycles. The quantitative estimate of drug-likeness (QED) is 0.275. The topological polar surface area (TPSA) is 131 Å². The minimum atomic E-state index is -1.69. The fraction of sp³-hybridized carbons (Fsp3) is 1.00. The molecule has 7 nitrogen and oxygen atoms in total. The lowest BCUT2D eigenvalue weighted by Gasteiger charge is -2.39. The lowest BCUT2D eigenvalue weighted by atomic mass is 9.96. The molecule has 0 radical (unpaired) electrons. The molecule has 0 aromatic rings. The van der Waals surface area contributed by atoms with Gasteiger partial charge in [0.2, 0.25) is 0 Å². The third-order valence-corrected chi connectivity index (χ3v) is 2.19. The Labute approximate surface area is 79.8 Å². The van der Waals surface area contributed by atoms with E-state index in [1.165, 1.54) is 0 Å². The Hall–Kier alpha value is -0.280. The average Bonchev–Trinajstić information content (AvgIpc) is 2.19. The molecule has 1 fully saturated rings. The van der Waals surface area contributed by atoms with E-state index in [-0.39, 0.29) is 0 Å². The molecule has 1 aliphatic heterocycles. The summed E-state index contributed by atoms with van der Waals surface area (Å²) in [6.07, 6.45) is -9.26. The van der Waals surface area contributed by atoms with Crippen LogP contribution in [0.25, 0.3) is 0 Å². The van der Waals surface area contributed by atoms with Crippen LogP contribution < -0.4 is 0 Å². The minimum Gasteiger partial charge on any atom is -0.394 e. The third-order valence-electron chi connectivity index (χ3n) is 2.19. The van der Waals surface area contributed by atoms with Gasteiger partial charge >= 0.3 is 0 Å². The van der Waals surface area contributed by atoms with Gasteiger partial charge in [0.15, 0.2) is 6.29 Å². The summed E-state index contributed by atoms with van der Waals surface area (Å²) in [6, 6.07) is 0. The molecule has 1 rings (SSSR count). The van der Waals surface area contributed by atoms with Gasteiger partial charge in [-0.3, -0.25) is 0 Å². The molecule has 1 aliphatic rings. The smallest absolute Gasteiger partial charge is 0.184 e. The van der Waals surface area contributed by atoms with Gasteiger partial charge in [0, 0.05) is 0 Å². The number of hydrogen-bond acceptors (Lipinski definition) is 7. The molecule has 0 bridgehead atoms. The fourth-order valence-corrected chi connectivity index (χ4v) is 1.31. The van der Waals surface area contributed by atoms with Gasteiger partial charge in [0.1, 0.15) is 30.5 Å². The first-order valence-electron chi connectivity index (χ1n) is 4.15. The molecule has 14 heavy (non-hydrogen) atoms. The Balaban J connectivity index is 2.70. The molecule has 0 saturated carbocycles. The Kier molecular flexibility index (Phi) is 3.78. The van der Waals surface area contributed by atoms with E-state index in [0.29, 0.717) is 0 Å². The van der Waals surface area contributed by atoms with Crippen LogP contribution >= 0.6 is 0 Å². The number of ether oxygens (including phenoxy) is 1. The lowest BCUT2D eigenvalue weighted by Crippen LogP contribution is -2.61. The maximum atomic E-state index is 9.31. The predicted octanol–water partition coefficient (Wildman–Crippen LogP) is -3.86.